The zero-order valence-corrected chi connectivity index (χ0v) is 8.43. The van der Waals surface area contributed by atoms with E-state index in [9.17, 15) is 0 Å². The van der Waals surface area contributed by atoms with Gasteiger partial charge in [-0.15, -0.1) is 0 Å². The first-order chi connectivity index (χ1) is 7.92. The molecule has 2 rings (SSSR count). The number of nitrogens with two attached hydrogens (primary N) is 1. The highest BCUT2D eigenvalue weighted by atomic mass is 15.3. The van der Waals surface area contributed by atoms with Gasteiger partial charge in [0.2, 0.25) is 11.9 Å². The zero-order chi connectivity index (χ0) is 11.2. The van der Waals surface area contributed by atoms with Crippen LogP contribution in [0.15, 0.2) is 25.3 Å². The van der Waals surface area contributed by atoms with E-state index in [-0.39, 0.29) is 0 Å². The van der Waals surface area contributed by atoms with Crippen molar-refractivity contribution in [1.29, 1.82) is 0 Å². The van der Waals surface area contributed by atoms with E-state index in [0.29, 0.717) is 25.0 Å². The smallest absolute Gasteiger partial charge is 0.235 e. The molecular weight excluding hydrogens is 208 g/mol. The number of hydrogen-bond acceptors (Lipinski definition) is 8. The van der Waals surface area contributed by atoms with Crippen LogP contribution in [-0.4, -0.2) is 43.0 Å². The second kappa shape index (κ2) is 5.03. The normalized spacial score (nSPS) is 10.1. The molecule has 2 aromatic heterocycles. The van der Waals surface area contributed by atoms with Gasteiger partial charge in [0.1, 0.15) is 25.3 Å². The summed E-state index contributed by atoms with van der Waals surface area (Å²) in [5.74, 6) is 0.929. The Hall–Kier alpha value is -2.22. The summed E-state index contributed by atoms with van der Waals surface area (Å²) in [5, 5.41) is 0. The molecule has 16 heavy (non-hydrogen) atoms. The molecule has 2 heterocycles. The summed E-state index contributed by atoms with van der Waals surface area (Å²) in [6, 6.07) is 0. The highest BCUT2D eigenvalue weighted by molar-refractivity contribution is 5.45. The first kappa shape index (κ1) is 10.3. The fourth-order valence-electron chi connectivity index (χ4n) is 1.16. The maximum atomic E-state index is 5.52. The van der Waals surface area contributed by atoms with E-state index in [1.807, 2.05) is 0 Å². The molecule has 0 spiro atoms. The molecule has 2 aromatic rings. The summed E-state index contributed by atoms with van der Waals surface area (Å²) in [7, 11) is 0. The standard InChI is InChI=1S/C8H10N8/c9-1-2-16(7-12-3-10-4-13-7)8-14-5-11-6-15-8/h3-6H,1-2,9H2. The first-order valence-electron chi connectivity index (χ1n) is 4.63. The minimum absolute atomic E-state index is 0.442. The maximum Gasteiger partial charge on any atom is 0.235 e. The number of hydrogen-bond donors (Lipinski definition) is 1. The van der Waals surface area contributed by atoms with Gasteiger partial charge in [-0.1, -0.05) is 0 Å². The Morgan fingerprint density at radius 2 is 1.31 bits per heavy atom. The van der Waals surface area contributed by atoms with Crippen LogP contribution < -0.4 is 10.6 Å². The van der Waals surface area contributed by atoms with Gasteiger partial charge < -0.3 is 5.73 Å². The largest absolute Gasteiger partial charge is 0.329 e. The summed E-state index contributed by atoms with van der Waals surface area (Å²) in [6.45, 7) is 0.964. The third-order valence-electron chi connectivity index (χ3n) is 1.80. The lowest BCUT2D eigenvalue weighted by Gasteiger charge is -2.18. The van der Waals surface area contributed by atoms with Crippen molar-refractivity contribution in [3.8, 4) is 0 Å². The minimum atomic E-state index is 0.442. The number of rotatable bonds is 4. The average molecular weight is 218 g/mol. The van der Waals surface area contributed by atoms with E-state index in [4.69, 9.17) is 5.73 Å². The van der Waals surface area contributed by atoms with Gasteiger partial charge in [0, 0.05) is 13.1 Å². The Bertz CT molecular complexity index is 379. The molecule has 0 fully saturated rings. The van der Waals surface area contributed by atoms with Gasteiger partial charge in [0.05, 0.1) is 0 Å². The van der Waals surface area contributed by atoms with Crippen LogP contribution in [-0.2, 0) is 0 Å². The topological polar surface area (TPSA) is 107 Å². The Labute approximate surface area is 91.6 Å². The SMILES string of the molecule is NCCN(c1ncncn1)c1ncncn1. The third-order valence-corrected chi connectivity index (χ3v) is 1.80. The lowest BCUT2D eigenvalue weighted by Crippen LogP contribution is -2.28. The van der Waals surface area contributed by atoms with Crippen LogP contribution in [0.5, 0.6) is 0 Å². The molecule has 0 saturated carbocycles. The van der Waals surface area contributed by atoms with Crippen LogP contribution in [0.3, 0.4) is 0 Å². The number of nitrogens with zero attached hydrogens (tertiary/aromatic N) is 7. The summed E-state index contributed by atoms with van der Waals surface area (Å²) in [4.78, 5) is 25.3. The molecule has 0 unspecified atom stereocenters. The molecule has 0 aromatic carbocycles. The number of anilines is 2. The maximum absolute atomic E-state index is 5.52. The van der Waals surface area contributed by atoms with Crippen molar-refractivity contribution in [2.24, 2.45) is 5.73 Å². The third kappa shape index (κ3) is 2.23. The quantitative estimate of drug-likeness (QED) is 0.707. The van der Waals surface area contributed by atoms with Crippen LogP contribution >= 0.6 is 0 Å². The Kier molecular flexibility index (Phi) is 3.24. The highest BCUT2D eigenvalue weighted by Gasteiger charge is 2.12. The van der Waals surface area contributed by atoms with Crippen LogP contribution in [0.2, 0.25) is 0 Å². The predicted octanol–water partition coefficient (Wildman–Crippen LogP) is -0.847. The van der Waals surface area contributed by atoms with E-state index in [2.05, 4.69) is 29.9 Å². The van der Waals surface area contributed by atoms with Crippen molar-refractivity contribution in [1.82, 2.24) is 29.9 Å². The summed E-state index contributed by atoms with van der Waals surface area (Å²) >= 11 is 0. The van der Waals surface area contributed by atoms with Gasteiger partial charge in [-0.2, -0.15) is 0 Å². The monoisotopic (exact) mass is 218 g/mol. The van der Waals surface area contributed by atoms with E-state index in [1.54, 1.807) is 4.90 Å². The summed E-state index contributed by atoms with van der Waals surface area (Å²) < 4.78 is 0. The van der Waals surface area contributed by atoms with Crippen LogP contribution in [0, 0.1) is 0 Å². The van der Waals surface area contributed by atoms with E-state index < -0.39 is 0 Å². The minimum Gasteiger partial charge on any atom is -0.329 e. The van der Waals surface area contributed by atoms with E-state index in [1.165, 1.54) is 25.3 Å². The second-order valence-electron chi connectivity index (χ2n) is 2.82. The predicted molar refractivity (Wildman–Crippen MR) is 55.7 cm³/mol. The molecule has 8 nitrogen and oxygen atoms in total. The van der Waals surface area contributed by atoms with Gasteiger partial charge in [-0.05, 0) is 0 Å². The van der Waals surface area contributed by atoms with Gasteiger partial charge in [0.25, 0.3) is 0 Å². The molecule has 0 atom stereocenters. The lowest BCUT2D eigenvalue weighted by molar-refractivity contribution is 0.828. The molecule has 0 bridgehead atoms. The molecule has 0 aliphatic carbocycles. The van der Waals surface area contributed by atoms with Gasteiger partial charge in [-0.25, -0.2) is 29.9 Å². The molecular formula is C8H10N8. The average Bonchev–Trinajstić information content (AvgIpc) is 2.38. The van der Waals surface area contributed by atoms with Gasteiger partial charge in [-0.3, -0.25) is 4.90 Å². The molecule has 0 saturated heterocycles. The molecule has 0 radical (unpaired) electrons. The van der Waals surface area contributed by atoms with Crippen LogP contribution in [0.4, 0.5) is 11.9 Å². The molecule has 8 heteroatoms. The van der Waals surface area contributed by atoms with E-state index in [0.717, 1.165) is 0 Å². The van der Waals surface area contributed by atoms with Crippen LogP contribution in [0.25, 0.3) is 0 Å². The van der Waals surface area contributed by atoms with Crippen molar-refractivity contribution in [2.45, 2.75) is 0 Å². The lowest BCUT2D eigenvalue weighted by atomic mass is 10.5. The van der Waals surface area contributed by atoms with Gasteiger partial charge >= 0.3 is 0 Å². The first-order valence-corrected chi connectivity index (χ1v) is 4.63. The zero-order valence-electron chi connectivity index (χ0n) is 8.43. The van der Waals surface area contributed by atoms with Crippen molar-refractivity contribution >= 4 is 11.9 Å². The Morgan fingerprint density at radius 3 is 1.69 bits per heavy atom. The van der Waals surface area contributed by atoms with E-state index >= 15 is 0 Å². The summed E-state index contributed by atoms with van der Waals surface area (Å²) in [5.41, 5.74) is 5.52. The van der Waals surface area contributed by atoms with Crippen LogP contribution in [0.1, 0.15) is 0 Å². The molecule has 0 aliphatic heterocycles. The highest BCUT2D eigenvalue weighted by Crippen LogP contribution is 2.13. The molecule has 0 aliphatic rings. The summed E-state index contributed by atoms with van der Waals surface area (Å²) in [6.07, 6.45) is 5.64. The Morgan fingerprint density at radius 1 is 0.875 bits per heavy atom. The fraction of sp³-hybridized carbons (Fsp3) is 0.250. The molecule has 2 N–H and O–H groups in total. The molecule has 82 valence electrons. The van der Waals surface area contributed by atoms with Crippen molar-refractivity contribution in [3.05, 3.63) is 25.3 Å². The van der Waals surface area contributed by atoms with Crippen molar-refractivity contribution in [3.63, 3.8) is 0 Å². The Balaban J connectivity index is 2.31. The molecule has 0 amide bonds. The van der Waals surface area contributed by atoms with Crippen molar-refractivity contribution < 1.29 is 0 Å². The number of aromatic nitrogens is 6. The second-order valence-corrected chi connectivity index (χ2v) is 2.82. The van der Waals surface area contributed by atoms with Gasteiger partial charge in [0.15, 0.2) is 0 Å². The van der Waals surface area contributed by atoms with Crippen molar-refractivity contribution in [2.75, 3.05) is 18.0 Å². The fourth-order valence-corrected chi connectivity index (χ4v) is 1.16.